The van der Waals surface area contributed by atoms with Crippen molar-refractivity contribution >= 4 is 18.0 Å². The molecule has 23 heavy (non-hydrogen) atoms. The standard InChI is InChI=1S/C16H19NO6/c1-16(2,22)11-8-12(17(13(11)18)15(20)21)14(19)23-9-10-6-4-3-5-7-10/h3-7,11-12,22H,8-9H2,1-2H3,(H,20,21)/t11?,12-/m0/s1. The van der Waals surface area contributed by atoms with E-state index in [2.05, 4.69) is 0 Å². The van der Waals surface area contributed by atoms with Gasteiger partial charge in [0.2, 0.25) is 5.91 Å². The summed E-state index contributed by atoms with van der Waals surface area (Å²) in [6.45, 7) is 2.81. The highest BCUT2D eigenvalue weighted by Crippen LogP contribution is 2.33. The van der Waals surface area contributed by atoms with Crippen molar-refractivity contribution in [2.24, 2.45) is 5.92 Å². The van der Waals surface area contributed by atoms with E-state index < -0.39 is 35.5 Å². The molecule has 1 saturated heterocycles. The number of carbonyl (C=O) groups excluding carboxylic acids is 2. The lowest BCUT2D eigenvalue weighted by Crippen LogP contribution is -2.44. The number of ether oxygens (including phenoxy) is 1. The summed E-state index contributed by atoms with van der Waals surface area (Å²) in [6.07, 6.45) is -1.62. The molecule has 2 rings (SSSR count). The zero-order valence-electron chi connectivity index (χ0n) is 12.9. The quantitative estimate of drug-likeness (QED) is 0.812. The van der Waals surface area contributed by atoms with Gasteiger partial charge in [0.25, 0.3) is 0 Å². The second-order valence-corrected chi connectivity index (χ2v) is 6.04. The van der Waals surface area contributed by atoms with Crippen molar-refractivity contribution in [1.29, 1.82) is 0 Å². The van der Waals surface area contributed by atoms with Gasteiger partial charge in [-0.05, 0) is 25.8 Å². The Kier molecular flexibility index (Phi) is 4.70. The Hall–Kier alpha value is -2.41. The molecule has 1 heterocycles. The van der Waals surface area contributed by atoms with Crippen LogP contribution in [0.5, 0.6) is 0 Å². The van der Waals surface area contributed by atoms with E-state index in [4.69, 9.17) is 4.74 Å². The Labute approximate surface area is 133 Å². The summed E-state index contributed by atoms with van der Waals surface area (Å²) >= 11 is 0. The first-order valence-electron chi connectivity index (χ1n) is 7.20. The molecule has 0 aliphatic carbocycles. The van der Waals surface area contributed by atoms with Crippen molar-refractivity contribution in [1.82, 2.24) is 4.90 Å². The monoisotopic (exact) mass is 321 g/mol. The van der Waals surface area contributed by atoms with Gasteiger partial charge in [-0.2, -0.15) is 0 Å². The van der Waals surface area contributed by atoms with Crippen molar-refractivity contribution in [3.8, 4) is 0 Å². The van der Waals surface area contributed by atoms with Gasteiger partial charge in [0.05, 0.1) is 11.5 Å². The zero-order chi connectivity index (χ0) is 17.2. The van der Waals surface area contributed by atoms with E-state index in [9.17, 15) is 24.6 Å². The van der Waals surface area contributed by atoms with Crippen LogP contribution in [0.2, 0.25) is 0 Å². The first kappa shape index (κ1) is 17.0. The number of esters is 1. The molecule has 1 aliphatic rings. The van der Waals surface area contributed by atoms with Crippen molar-refractivity contribution in [2.75, 3.05) is 0 Å². The molecule has 7 nitrogen and oxygen atoms in total. The summed E-state index contributed by atoms with van der Waals surface area (Å²) in [6, 6.07) is 7.69. The van der Waals surface area contributed by atoms with Crippen LogP contribution in [0.3, 0.4) is 0 Å². The Morgan fingerprint density at radius 2 is 1.91 bits per heavy atom. The van der Waals surface area contributed by atoms with Crippen LogP contribution in [0.15, 0.2) is 30.3 Å². The fourth-order valence-corrected chi connectivity index (χ4v) is 2.60. The number of carboxylic acid groups (broad SMARTS) is 1. The van der Waals surface area contributed by atoms with Crippen LogP contribution in [0.1, 0.15) is 25.8 Å². The molecule has 1 aromatic rings. The number of rotatable bonds is 4. The Morgan fingerprint density at radius 1 is 1.30 bits per heavy atom. The van der Waals surface area contributed by atoms with E-state index in [1.54, 1.807) is 24.3 Å². The van der Waals surface area contributed by atoms with Gasteiger partial charge in [0.1, 0.15) is 12.6 Å². The second-order valence-electron chi connectivity index (χ2n) is 6.04. The minimum Gasteiger partial charge on any atom is -0.465 e. The fraction of sp³-hybridized carbons (Fsp3) is 0.438. The molecule has 124 valence electrons. The van der Waals surface area contributed by atoms with Crippen molar-refractivity contribution in [3.63, 3.8) is 0 Å². The third kappa shape index (κ3) is 3.68. The lowest BCUT2D eigenvalue weighted by Gasteiger charge is -2.23. The van der Waals surface area contributed by atoms with Gasteiger partial charge in [-0.25, -0.2) is 14.5 Å². The predicted molar refractivity (Wildman–Crippen MR) is 79.3 cm³/mol. The number of benzene rings is 1. The fourth-order valence-electron chi connectivity index (χ4n) is 2.60. The molecule has 0 saturated carbocycles. The van der Waals surface area contributed by atoms with Crippen LogP contribution < -0.4 is 0 Å². The Balaban J connectivity index is 2.11. The van der Waals surface area contributed by atoms with E-state index in [0.29, 0.717) is 4.90 Å². The number of likely N-dealkylation sites (tertiary alicyclic amines) is 1. The van der Waals surface area contributed by atoms with Crippen molar-refractivity contribution in [3.05, 3.63) is 35.9 Å². The van der Waals surface area contributed by atoms with Gasteiger partial charge < -0.3 is 14.9 Å². The van der Waals surface area contributed by atoms with E-state index >= 15 is 0 Å². The maximum atomic E-state index is 12.2. The molecule has 1 aromatic carbocycles. The molecule has 1 fully saturated rings. The molecule has 2 atom stereocenters. The zero-order valence-corrected chi connectivity index (χ0v) is 12.9. The third-order valence-corrected chi connectivity index (χ3v) is 3.86. The lowest BCUT2D eigenvalue weighted by molar-refractivity contribution is -0.152. The number of hydrogen-bond donors (Lipinski definition) is 2. The van der Waals surface area contributed by atoms with Crippen LogP contribution in [-0.2, 0) is 20.9 Å². The van der Waals surface area contributed by atoms with Crippen molar-refractivity contribution < 1.29 is 29.3 Å². The topological polar surface area (TPSA) is 104 Å². The summed E-state index contributed by atoms with van der Waals surface area (Å²) in [5.74, 6) is -2.55. The first-order valence-corrected chi connectivity index (χ1v) is 7.20. The van der Waals surface area contributed by atoms with Gasteiger partial charge in [0, 0.05) is 0 Å². The van der Waals surface area contributed by atoms with Gasteiger partial charge in [-0.3, -0.25) is 4.79 Å². The Bertz CT molecular complexity index is 607. The van der Waals surface area contributed by atoms with Gasteiger partial charge >= 0.3 is 12.1 Å². The molecule has 0 aromatic heterocycles. The van der Waals surface area contributed by atoms with Crippen molar-refractivity contribution in [2.45, 2.75) is 38.5 Å². The molecule has 0 radical (unpaired) electrons. The van der Waals surface area contributed by atoms with E-state index in [0.717, 1.165) is 5.56 Å². The maximum absolute atomic E-state index is 12.2. The highest BCUT2D eigenvalue weighted by Gasteiger charge is 2.52. The summed E-state index contributed by atoms with van der Waals surface area (Å²) < 4.78 is 5.12. The molecule has 2 amide bonds. The molecular weight excluding hydrogens is 302 g/mol. The SMILES string of the molecule is CC(C)(O)C1C[C@@H](C(=O)OCc2ccccc2)N(C(=O)O)C1=O. The predicted octanol–water partition coefficient (Wildman–Crippen LogP) is 1.40. The van der Waals surface area contributed by atoms with E-state index in [1.807, 2.05) is 6.07 Å². The molecule has 2 N–H and O–H groups in total. The molecule has 1 aliphatic heterocycles. The minimum absolute atomic E-state index is 0.00892. The average Bonchev–Trinajstić information content (AvgIpc) is 2.83. The number of aliphatic hydroxyl groups is 1. The highest BCUT2D eigenvalue weighted by molar-refractivity contribution is 6.00. The molecule has 1 unspecified atom stereocenters. The number of amides is 2. The molecular formula is C16H19NO6. The van der Waals surface area contributed by atoms with Crippen LogP contribution in [0.4, 0.5) is 4.79 Å². The first-order chi connectivity index (χ1) is 10.7. The van der Waals surface area contributed by atoms with Gasteiger partial charge in [0.15, 0.2) is 0 Å². The summed E-state index contributed by atoms with van der Waals surface area (Å²) in [4.78, 5) is 36.1. The van der Waals surface area contributed by atoms with Crippen LogP contribution in [-0.4, -0.2) is 44.7 Å². The second kappa shape index (κ2) is 6.37. The van der Waals surface area contributed by atoms with E-state index in [-0.39, 0.29) is 13.0 Å². The molecule has 0 spiro atoms. The molecule has 0 bridgehead atoms. The third-order valence-electron chi connectivity index (χ3n) is 3.86. The summed E-state index contributed by atoms with van der Waals surface area (Å²) in [7, 11) is 0. The lowest BCUT2D eigenvalue weighted by atomic mass is 9.88. The number of nitrogens with zero attached hydrogens (tertiary/aromatic N) is 1. The highest BCUT2D eigenvalue weighted by atomic mass is 16.5. The number of hydrogen-bond acceptors (Lipinski definition) is 5. The smallest absolute Gasteiger partial charge is 0.414 e. The number of imide groups is 1. The van der Waals surface area contributed by atoms with Crippen LogP contribution in [0, 0.1) is 5.92 Å². The largest absolute Gasteiger partial charge is 0.465 e. The van der Waals surface area contributed by atoms with Crippen LogP contribution in [0.25, 0.3) is 0 Å². The van der Waals surface area contributed by atoms with Crippen LogP contribution >= 0.6 is 0 Å². The summed E-state index contributed by atoms with van der Waals surface area (Å²) in [5, 5.41) is 19.2. The minimum atomic E-state index is -1.52. The normalized spacial score (nSPS) is 21.3. The maximum Gasteiger partial charge on any atom is 0.414 e. The Morgan fingerprint density at radius 3 is 2.43 bits per heavy atom. The average molecular weight is 321 g/mol. The molecule has 7 heteroatoms. The summed E-state index contributed by atoms with van der Waals surface area (Å²) in [5.41, 5.74) is -0.662. The van der Waals surface area contributed by atoms with Gasteiger partial charge in [-0.1, -0.05) is 30.3 Å². The number of carbonyl (C=O) groups is 3. The van der Waals surface area contributed by atoms with E-state index in [1.165, 1.54) is 13.8 Å². The van der Waals surface area contributed by atoms with Gasteiger partial charge in [-0.15, -0.1) is 0 Å².